The molecule has 2 heterocycles. The van der Waals surface area contributed by atoms with Crippen LogP contribution in [0.1, 0.15) is 11.6 Å². The Hall–Kier alpha value is -2.65. The van der Waals surface area contributed by atoms with E-state index in [1.165, 1.54) is 11.8 Å². The molecule has 0 radical (unpaired) electrons. The summed E-state index contributed by atoms with van der Waals surface area (Å²) in [6.45, 7) is 0.580. The lowest BCUT2D eigenvalue weighted by atomic mass is 10.3. The average molecular weight is 524 g/mol. The Morgan fingerprint density at radius 3 is 2.48 bits per heavy atom. The smallest absolute Gasteiger partial charge is 0.234 e. The maximum atomic E-state index is 12.5. The highest BCUT2D eigenvalue weighted by Gasteiger charge is 2.16. The van der Waals surface area contributed by atoms with Crippen molar-refractivity contribution in [1.29, 1.82) is 0 Å². The van der Waals surface area contributed by atoms with E-state index >= 15 is 0 Å². The topological polar surface area (TPSA) is 82.2 Å². The molecule has 0 aliphatic rings. The second-order valence-corrected chi connectivity index (χ2v) is 9.05. The van der Waals surface area contributed by atoms with Gasteiger partial charge in [-0.1, -0.05) is 46.6 Å². The summed E-state index contributed by atoms with van der Waals surface area (Å²) in [5, 5.41) is 13.3. The van der Waals surface area contributed by atoms with E-state index in [9.17, 15) is 4.79 Å². The van der Waals surface area contributed by atoms with Crippen LogP contribution in [0.25, 0.3) is 0 Å². The number of halogens is 3. The SMILES string of the molecule is O=C(CSc1nnc(COc2ccc(Cl)cc2)n1Cc1ccco1)Nc1cc(Cl)cc(Cl)c1. The number of ether oxygens (including phenoxy) is 1. The number of nitrogens with one attached hydrogen (secondary N) is 1. The molecule has 0 atom stereocenters. The van der Waals surface area contributed by atoms with Gasteiger partial charge in [-0.2, -0.15) is 0 Å². The van der Waals surface area contributed by atoms with Crippen molar-refractivity contribution in [2.45, 2.75) is 18.3 Å². The van der Waals surface area contributed by atoms with E-state index in [0.717, 1.165) is 5.76 Å². The molecule has 170 valence electrons. The summed E-state index contributed by atoms with van der Waals surface area (Å²) in [4.78, 5) is 12.5. The van der Waals surface area contributed by atoms with E-state index in [1.807, 2.05) is 10.6 Å². The zero-order chi connectivity index (χ0) is 23.2. The summed E-state index contributed by atoms with van der Waals surface area (Å²) in [6, 6.07) is 15.6. The molecule has 1 N–H and O–H groups in total. The third kappa shape index (κ3) is 6.68. The molecular weight excluding hydrogens is 507 g/mol. The molecular formula is C22H17Cl3N4O3S. The second-order valence-electron chi connectivity index (χ2n) is 6.80. The van der Waals surface area contributed by atoms with Crippen molar-refractivity contribution in [3.05, 3.63) is 87.5 Å². The largest absolute Gasteiger partial charge is 0.486 e. The van der Waals surface area contributed by atoms with Crippen LogP contribution in [0, 0.1) is 0 Å². The summed E-state index contributed by atoms with van der Waals surface area (Å²) in [7, 11) is 0. The molecule has 0 unspecified atom stereocenters. The molecule has 2 aromatic carbocycles. The monoisotopic (exact) mass is 522 g/mol. The van der Waals surface area contributed by atoms with Gasteiger partial charge in [-0.3, -0.25) is 9.36 Å². The highest BCUT2D eigenvalue weighted by Crippen LogP contribution is 2.24. The molecule has 0 saturated heterocycles. The summed E-state index contributed by atoms with van der Waals surface area (Å²) in [5.41, 5.74) is 0.521. The third-order valence-corrected chi connectivity index (χ3v) is 6.00. The van der Waals surface area contributed by atoms with Gasteiger partial charge >= 0.3 is 0 Å². The number of rotatable bonds is 9. The van der Waals surface area contributed by atoms with Gasteiger partial charge in [-0.15, -0.1) is 10.2 Å². The molecule has 33 heavy (non-hydrogen) atoms. The van der Waals surface area contributed by atoms with Crippen molar-refractivity contribution in [2.75, 3.05) is 11.1 Å². The Morgan fingerprint density at radius 1 is 1.03 bits per heavy atom. The molecule has 2 aromatic heterocycles. The first kappa shape index (κ1) is 23.5. The molecule has 0 spiro atoms. The predicted octanol–water partition coefficient (Wildman–Crippen LogP) is 6.19. The fraction of sp³-hybridized carbons (Fsp3) is 0.136. The van der Waals surface area contributed by atoms with Gasteiger partial charge in [0, 0.05) is 20.8 Å². The number of hydrogen-bond acceptors (Lipinski definition) is 6. The molecule has 0 bridgehead atoms. The van der Waals surface area contributed by atoms with Crippen molar-refractivity contribution >= 4 is 58.2 Å². The normalized spacial score (nSPS) is 10.9. The van der Waals surface area contributed by atoms with Crippen LogP contribution in [0.2, 0.25) is 15.1 Å². The van der Waals surface area contributed by atoms with Crippen LogP contribution in [0.4, 0.5) is 5.69 Å². The lowest BCUT2D eigenvalue weighted by molar-refractivity contribution is -0.113. The van der Waals surface area contributed by atoms with Crippen LogP contribution >= 0.6 is 46.6 Å². The molecule has 0 aliphatic carbocycles. The molecule has 4 rings (SSSR count). The number of thioether (sulfide) groups is 1. The van der Waals surface area contributed by atoms with E-state index in [-0.39, 0.29) is 18.3 Å². The number of amides is 1. The zero-order valence-corrected chi connectivity index (χ0v) is 20.1. The molecule has 4 aromatic rings. The van der Waals surface area contributed by atoms with Crippen molar-refractivity contribution < 1.29 is 13.9 Å². The van der Waals surface area contributed by atoms with Crippen LogP contribution in [0.15, 0.2) is 70.4 Å². The number of hydrogen-bond donors (Lipinski definition) is 1. The summed E-state index contributed by atoms with van der Waals surface area (Å²) < 4.78 is 13.1. The lowest BCUT2D eigenvalue weighted by Gasteiger charge is -2.10. The van der Waals surface area contributed by atoms with E-state index in [4.69, 9.17) is 44.0 Å². The summed E-state index contributed by atoms with van der Waals surface area (Å²) >= 11 is 19.1. The molecule has 7 nitrogen and oxygen atoms in total. The maximum absolute atomic E-state index is 12.5. The van der Waals surface area contributed by atoms with Gasteiger partial charge in [0.05, 0.1) is 18.6 Å². The lowest BCUT2D eigenvalue weighted by Crippen LogP contribution is -2.15. The average Bonchev–Trinajstić information content (AvgIpc) is 3.42. The van der Waals surface area contributed by atoms with Crippen LogP contribution in [0.3, 0.4) is 0 Å². The minimum atomic E-state index is -0.232. The Kier molecular flexibility index (Phi) is 7.82. The molecule has 0 saturated carbocycles. The molecule has 1 amide bonds. The van der Waals surface area contributed by atoms with Gasteiger partial charge in [0.25, 0.3) is 0 Å². The fourth-order valence-electron chi connectivity index (χ4n) is 2.88. The standard InChI is InChI=1S/C22H17Cl3N4O3S/c23-14-3-5-18(6-4-14)32-12-20-27-28-22(29(20)11-19-2-1-7-31-19)33-13-21(30)26-17-9-15(24)8-16(25)10-17/h1-10H,11-13H2,(H,26,30). The maximum Gasteiger partial charge on any atom is 0.234 e. The quantitative estimate of drug-likeness (QED) is 0.263. The zero-order valence-electron chi connectivity index (χ0n) is 17.0. The highest BCUT2D eigenvalue weighted by atomic mass is 35.5. The third-order valence-electron chi connectivity index (χ3n) is 4.35. The number of anilines is 1. The van der Waals surface area contributed by atoms with Gasteiger partial charge < -0.3 is 14.5 Å². The van der Waals surface area contributed by atoms with Crippen molar-refractivity contribution in [3.63, 3.8) is 0 Å². The summed E-state index contributed by atoms with van der Waals surface area (Å²) in [6.07, 6.45) is 1.60. The van der Waals surface area contributed by atoms with Gasteiger partial charge in [-0.25, -0.2) is 0 Å². The number of benzene rings is 2. The van der Waals surface area contributed by atoms with Crippen LogP contribution in [-0.2, 0) is 17.9 Å². The molecule has 0 aliphatic heterocycles. The van der Waals surface area contributed by atoms with Crippen LogP contribution < -0.4 is 10.1 Å². The van der Waals surface area contributed by atoms with E-state index in [0.29, 0.717) is 44.0 Å². The number of furan rings is 1. The van der Waals surface area contributed by atoms with Crippen LogP contribution in [0.5, 0.6) is 5.75 Å². The van der Waals surface area contributed by atoms with E-state index in [2.05, 4.69) is 15.5 Å². The minimum absolute atomic E-state index is 0.110. The first-order valence-electron chi connectivity index (χ1n) is 9.68. The number of nitrogens with zero attached hydrogens (tertiary/aromatic N) is 3. The van der Waals surface area contributed by atoms with Crippen molar-refractivity contribution in [1.82, 2.24) is 14.8 Å². The first-order valence-corrected chi connectivity index (χ1v) is 11.8. The number of aromatic nitrogens is 3. The van der Waals surface area contributed by atoms with Gasteiger partial charge in [0.15, 0.2) is 11.0 Å². The molecule has 11 heteroatoms. The Bertz CT molecular complexity index is 1210. The van der Waals surface area contributed by atoms with Crippen LogP contribution in [-0.4, -0.2) is 26.4 Å². The fourth-order valence-corrected chi connectivity index (χ4v) is 4.29. The summed E-state index contributed by atoms with van der Waals surface area (Å²) in [5.74, 6) is 1.84. The highest BCUT2D eigenvalue weighted by molar-refractivity contribution is 7.99. The number of carbonyl (C=O) groups excluding carboxylic acids is 1. The van der Waals surface area contributed by atoms with Crippen molar-refractivity contribution in [3.8, 4) is 5.75 Å². The minimum Gasteiger partial charge on any atom is -0.486 e. The van der Waals surface area contributed by atoms with Crippen molar-refractivity contribution in [2.24, 2.45) is 0 Å². The van der Waals surface area contributed by atoms with E-state index in [1.54, 1.807) is 54.8 Å². The van der Waals surface area contributed by atoms with Gasteiger partial charge in [-0.05, 0) is 54.6 Å². The Labute approximate surface area is 209 Å². The first-order chi connectivity index (χ1) is 16.0. The van der Waals surface area contributed by atoms with Gasteiger partial charge in [0.2, 0.25) is 5.91 Å². The predicted molar refractivity (Wildman–Crippen MR) is 129 cm³/mol. The second kappa shape index (κ2) is 11.0. The van der Waals surface area contributed by atoms with E-state index < -0.39 is 0 Å². The Balaban J connectivity index is 1.44. The Morgan fingerprint density at radius 2 is 1.79 bits per heavy atom. The number of carbonyl (C=O) groups is 1. The van der Waals surface area contributed by atoms with Gasteiger partial charge in [0.1, 0.15) is 18.1 Å². The molecule has 0 fully saturated rings.